The van der Waals surface area contributed by atoms with E-state index in [1.165, 1.54) is 13.3 Å². The second-order valence-corrected chi connectivity index (χ2v) is 7.46. The van der Waals surface area contributed by atoms with Crippen molar-refractivity contribution in [3.8, 4) is 17.0 Å². The maximum absolute atomic E-state index is 12.7. The fourth-order valence-electron chi connectivity index (χ4n) is 3.62. The highest BCUT2D eigenvalue weighted by Gasteiger charge is 2.22. The summed E-state index contributed by atoms with van der Waals surface area (Å²) in [5.41, 5.74) is 5.11. The van der Waals surface area contributed by atoms with Crippen molar-refractivity contribution in [1.82, 2.24) is 15.4 Å². The van der Waals surface area contributed by atoms with Crippen LogP contribution in [-0.2, 0) is 0 Å². The summed E-state index contributed by atoms with van der Waals surface area (Å²) in [6.45, 7) is 0.472. The summed E-state index contributed by atoms with van der Waals surface area (Å²) >= 11 is 0. The SMILES string of the molecule is COc1c(-c2ccc(C(=O)Nc3ccc(NCCO)cc3)cc2)nc2ccncc2c1C(=O)NO. The number of methoxy groups -OCH3 is 1. The molecule has 0 unspecified atom stereocenters. The van der Waals surface area contributed by atoms with Crippen molar-refractivity contribution < 1.29 is 24.6 Å². The van der Waals surface area contributed by atoms with Crippen molar-refractivity contribution in [2.75, 3.05) is 30.9 Å². The van der Waals surface area contributed by atoms with Gasteiger partial charge >= 0.3 is 0 Å². The van der Waals surface area contributed by atoms with Gasteiger partial charge in [0.05, 0.1) is 24.8 Å². The maximum atomic E-state index is 12.7. The number of hydrogen-bond donors (Lipinski definition) is 5. The fraction of sp³-hybridized carbons (Fsp3) is 0.120. The van der Waals surface area contributed by atoms with Crippen molar-refractivity contribution >= 4 is 34.1 Å². The molecule has 35 heavy (non-hydrogen) atoms. The van der Waals surface area contributed by atoms with Crippen LogP contribution in [0.4, 0.5) is 11.4 Å². The monoisotopic (exact) mass is 473 g/mol. The molecule has 2 aromatic carbocycles. The Hall–Kier alpha value is -4.54. The van der Waals surface area contributed by atoms with E-state index >= 15 is 0 Å². The molecule has 0 saturated carbocycles. The van der Waals surface area contributed by atoms with Gasteiger partial charge in [0.2, 0.25) is 0 Å². The number of nitrogens with one attached hydrogen (secondary N) is 3. The number of pyridine rings is 2. The lowest BCUT2D eigenvalue weighted by Gasteiger charge is -2.15. The normalized spacial score (nSPS) is 10.6. The molecule has 0 fully saturated rings. The zero-order valence-electron chi connectivity index (χ0n) is 18.8. The summed E-state index contributed by atoms with van der Waals surface area (Å²) in [5, 5.41) is 24.4. The molecule has 10 heteroatoms. The molecule has 0 radical (unpaired) electrons. The number of carbonyl (C=O) groups excluding carboxylic acids is 2. The molecule has 178 valence electrons. The van der Waals surface area contributed by atoms with E-state index in [2.05, 4.69) is 20.6 Å². The Bertz CT molecular complexity index is 1360. The average molecular weight is 473 g/mol. The number of aromatic nitrogens is 2. The predicted molar refractivity (Wildman–Crippen MR) is 131 cm³/mol. The number of hydroxylamine groups is 1. The van der Waals surface area contributed by atoms with Gasteiger partial charge in [-0.15, -0.1) is 0 Å². The van der Waals surface area contributed by atoms with Crippen LogP contribution in [0, 0.1) is 0 Å². The number of carbonyl (C=O) groups is 2. The van der Waals surface area contributed by atoms with Crippen LogP contribution in [0.1, 0.15) is 20.7 Å². The van der Waals surface area contributed by atoms with Gasteiger partial charge in [-0.05, 0) is 42.5 Å². The number of aliphatic hydroxyl groups excluding tert-OH is 1. The first kappa shape index (κ1) is 23.6. The second-order valence-electron chi connectivity index (χ2n) is 7.46. The van der Waals surface area contributed by atoms with E-state index in [1.54, 1.807) is 54.1 Å². The number of anilines is 2. The Balaban J connectivity index is 1.61. The highest BCUT2D eigenvalue weighted by atomic mass is 16.5. The number of fused-ring (bicyclic) bond motifs is 1. The fourth-order valence-corrected chi connectivity index (χ4v) is 3.62. The van der Waals surface area contributed by atoms with Crippen LogP contribution in [0.25, 0.3) is 22.2 Å². The van der Waals surface area contributed by atoms with E-state index < -0.39 is 5.91 Å². The van der Waals surface area contributed by atoms with Gasteiger partial charge in [0.15, 0.2) is 5.75 Å². The molecule has 2 amide bonds. The standard InChI is InChI=1S/C25H23N5O5/c1-35-23-21(25(33)30-34)19-14-26-11-10-20(19)29-22(23)15-2-4-16(5-3-15)24(32)28-18-8-6-17(7-9-18)27-12-13-31/h2-11,14,27,31,34H,12-13H2,1H3,(H,28,32)(H,30,33). The van der Waals surface area contributed by atoms with Gasteiger partial charge < -0.3 is 20.5 Å². The Morgan fingerprint density at radius 2 is 1.69 bits per heavy atom. The predicted octanol–water partition coefficient (Wildman–Crippen LogP) is 3.08. The number of nitrogens with zero attached hydrogens (tertiary/aromatic N) is 2. The molecule has 0 aliphatic carbocycles. The van der Waals surface area contributed by atoms with E-state index in [1.807, 2.05) is 12.1 Å². The van der Waals surface area contributed by atoms with Crippen molar-refractivity contribution in [3.05, 3.63) is 78.1 Å². The summed E-state index contributed by atoms with van der Waals surface area (Å²) in [6.07, 6.45) is 3.02. The van der Waals surface area contributed by atoms with Crippen molar-refractivity contribution in [1.29, 1.82) is 0 Å². The zero-order valence-corrected chi connectivity index (χ0v) is 18.8. The number of hydrogen-bond acceptors (Lipinski definition) is 8. The van der Waals surface area contributed by atoms with Crippen molar-refractivity contribution in [3.63, 3.8) is 0 Å². The minimum atomic E-state index is -0.753. The van der Waals surface area contributed by atoms with Gasteiger partial charge in [0, 0.05) is 46.8 Å². The van der Waals surface area contributed by atoms with E-state index in [-0.39, 0.29) is 23.8 Å². The smallest absolute Gasteiger partial charge is 0.279 e. The molecule has 2 heterocycles. The largest absolute Gasteiger partial charge is 0.494 e. The van der Waals surface area contributed by atoms with Crippen LogP contribution < -0.4 is 20.9 Å². The topological polar surface area (TPSA) is 146 Å². The molecule has 0 atom stereocenters. The third kappa shape index (κ3) is 5.03. The summed E-state index contributed by atoms with van der Waals surface area (Å²) in [7, 11) is 1.41. The first-order valence-electron chi connectivity index (χ1n) is 10.7. The summed E-state index contributed by atoms with van der Waals surface area (Å²) in [6, 6.07) is 15.5. The minimum Gasteiger partial charge on any atom is -0.494 e. The molecular weight excluding hydrogens is 450 g/mol. The Kier molecular flexibility index (Phi) is 7.15. The van der Waals surface area contributed by atoms with Crippen LogP contribution in [0.5, 0.6) is 5.75 Å². The quantitative estimate of drug-likeness (QED) is 0.194. The third-order valence-electron chi connectivity index (χ3n) is 5.28. The molecule has 0 bridgehead atoms. The van der Waals surface area contributed by atoms with Crippen molar-refractivity contribution in [2.45, 2.75) is 0 Å². The lowest BCUT2D eigenvalue weighted by atomic mass is 10.0. The number of rotatable bonds is 8. The zero-order chi connectivity index (χ0) is 24.8. The summed E-state index contributed by atoms with van der Waals surface area (Å²) < 4.78 is 5.49. The van der Waals surface area contributed by atoms with Gasteiger partial charge in [0.1, 0.15) is 5.69 Å². The highest BCUT2D eigenvalue weighted by molar-refractivity contribution is 6.10. The molecule has 0 spiro atoms. The molecule has 4 rings (SSSR count). The van der Waals surface area contributed by atoms with E-state index in [0.717, 1.165) is 5.69 Å². The van der Waals surface area contributed by atoms with E-state index in [9.17, 15) is 14.8 Å². The molecule has 4 aromatic rings. The number of benzene rings is 2. The van der Waals surface area contributed by atoms with Gasteiger partial charge in [-0.1, -0.05) is 12.1 Å². The summed E-state index contributed by atoms with van der Waals surface area (Å²) in [4.78, 5) is 33.8. The molecule has 0 aliphatic heterocycles. The Morgan fingerprint density at radius 1 is 0.971 bits per heavy atom. The van der Waals surface area contributed by atoms with Crippen LogP contribution in [-0.4, -0.2) is 52.4 Å². The molecule has 5 N–H and O–H groups in total. The first-order chi connectivity index (χ1) is 17.0. The van der Waals surface area contributed by atoms with Gasteiger partial charge in [0.25, 0.3) is 11.8 Å². The Morgan fingerprint density at radius 3 is 2.34 bits per heavy atom. The molecular formula is C25H23N5O5. The number of aliphatic hydroxyl groups is 1. The van der Waals surface area contributed by atoms with Gasteiger partial charge in [-0.25, -0.2) is 10.5 Å². The van der Waals surface area contributed by atoms with E-state index in [4.69, 9.17) is 9.84 Å². The summed E-state index contributed by atoms with van der Waals surface area (Å²) in [5.74, 6) is -0.876. The second kappa shape index (κ2) is 10.6. The molecule has 0 aliphatic rings. The number of ether oxygens (including phenoxy) is 1. The third-order valence-corrected chi connectivity index (χ3v) is 5.28. The van der Waals surface area contributed by atoms with Crippen LogP contribution in [0.2, 0.25) is 0 Å². The van der Waals surface area contributed by atoms with Gasteiger partial charge in [-0.2, -0.15) is 0 Å². The lowest BCUT2D eigenvalue weighted by molar-refractivity contribution is 0.0705. The minimum absolute atomic E-state index is 0.0300. The highest BCUT2D eigenvalue weighted by Crippen LogP contribution is 2.36. The maximum Gasteiger partial charge on any atom is 0.279 e. The Labute approximate surface area is 200 Å². The number of amides is 2. The first-order valence-corrected chi connectivity index (χ1v) is 10.7. The van der Waals surface area contributed by atoms with Crippen LogP contribution in [0.3, 0.4) is 0 Å². The van der Waals surface area contributed by atoms with Crippen LogP contribution >= 0.6 is 0 Å². The average Bonchev–Trinajstić information content (AvgIpc) is 2.91. The van der Waals surface area contributed by atoms with E-state index in [0.29, 0.717) is 40.0 Å². The van der Waals surface area contributed by atoms with Gasteiger partial charge in [-0.3, -0.25) is 19.8 Å². The molecule has 10 nitrogen and oxygen atoms in total. The van der Waals surface area contributed by atoms with Crippen LogP contribution in [0.15, 0.2) is 67.0 Å². The molecule has 0 saturated heterocycles. The molecule has 2 aromatic heterocycles. The lowest BCUT2D eigenvalue weighted by Crippen LogP contribution is -2.20. The van der Waals surface area contributed by atoms with Crippen molar-refractivity contribution in [2.24, 2.45) is 0 Å².